The number of esters is 1. The van der Waals surface area contributed by atoms with Crippen LogP contribution in [0, 0.1) is 0 Å². The molecular formula is C12H13ClO4S. The maximum absolute atomic E-state index is 12.5. The second-order valence-corrected chi connectivity index (χ2v) is 6.99. The first kappa shape index (κ1) is 13.4. The van der Waals surface area contributed by atoms with E-state index >= 15 is 0 Å². The van der Waals surface area contributed by atoms with Gasteiger partial charge in [0.25, 0.3) is 0 Å². The maximum atomic E-state index is 12.5. The Balaban J connectivity index is 2.47. The molecule has 0 saturated heterocycles. The zero-order chi connectivity index (χ0) is 13.4. The minimum absolute atomic E-state index is 0.108. The van der Waals surface area contributed by atoms with E-state index in [1.165, 1.54) is 31.4 Å². The van der Waals surface area contributed by atoms with Gasteiger partial charge in [-0.1, -0.05) is 11.6 Å². The van der Waals surface area contributed by atoms with Crippen molar-refractivity contribution in [2.75, 3.05) is 7.11 Å². The Morgan fingerprint density at radius 3 is 2.22 bits per heavy atom. The van der Waals surface area contributed by atoms with Crippen LogP contribution in [0.3, 0.4) is 0 Å². The summed E-state index contributed by atoms with van der Waals surface area (Å²) < 4.78 is 28.2. The zero-order valence-electron chi connectivity index (χ0n) is 9.85. The Morgan fingerprint density at radius 1 is 1.28 bits per heavy atom. The van der Waals surface area contributed by atoms with Crippen molar-refractivity contribution in [2.45, 2.75) is 28.9 Å². The maximum Gasteiger partial charge on any atom is 0.327 e. The number of hydrogen-bond acceptors (Lipinski definition) is 4. The first-order valence-electron chi connectivity index (χ1n) is 5.53. The van der Waals surface area contributed by atoms with Gasteiger partial charge >= 0.3 is 5.97 Å². The molecule has 0 radical (unpaired) electrons. The number of benzene rings is 1. The van der Waals surface area contributed by atoms with Crippen LogP contribution in [0.1, 0.15) is 19.3 Å². The molecule has 1 saturated carbocycles. The molecule has 1 aliphatic carbocycles. The number of methoxy groups -OCH3 is 1. The van der Waals surface area contributed by atoms with Gasteiger partial charge in [0.2, 0.25) is 0 Å². The molecule has 98 valence electrons. The fourth-order valence-corrected chi connectivity index (χ4v) is 4.31. The Labute approximate surface area is 111 Å². The standard InChI is InChI=1S/C12H13ClO4S/c1-17-11(14)12(7-2-8-12)18(15,16)10-5-3-9(13)4-6-10/h3-6H,2,7-8H2,1H3. The van der Waals surface area contributed by atoms with E-state index in [9.17, 15) is 13.2 Å². The van der Waals surface area contributed by atoms with Crippen LogP contribution in [0.15, 0.2) is 29.2 Å². The van der Waals surface area contributed by atoms with Crippen molar-refractivity contribution in [3.8, 4) is 0 Å². The van der Waals surface area contributed by atoms with Gasteiger partial charge in [-0.25, -0.2) is 8.42 Å². The van der Waals surface area contributed by atoms with E-state index in [0.29, 0.717) is 24.3 Å². The van der Waals surface area contributed by atoms with E-state index in [0.717, 1.165) is 0 Å². The van der Waals surface area contributed by atoms with Gasteiger partial charge in [-0.3, -0.25) is 4.79 Å². The summed E-state index contributed by atoms with van der Waals surface area (Å²) in [6.07, 6.45) is 1.33. The van der Waals surface area contributed by atoms with E-state index in [1.807, 2.05) is 0 Å². The van der Waals surface area contributed by atoms with Crippen molar-refractivity contribution in [2.24, 2.45) is 0 Å². The number of hydrogen-bond donors (Lipinski definition) is 0. The highest BCUT2D eigenvalue weighted by atomic mass is 35.5. The molecule has 0 heterocycles. The number of halogens is 1. The summed E-state index contributed by atoms with van der Waals surface area (Å²) >= 11 is 5.73. The van der Waals surface area contributed by atoms with Gasteiger partial charge in [0.15, 0.2) is 14.6 Å². The zero-order valence-corrected chi connectivity index (χ0v) is 11.4. The molecule has 0 unspecified atom stereocenters. The highest BCUT2D eigenvalue weighted by molar-refractivity contribution is 7.93. The molecule has 0 bridgehead atoms. The predicted octanol–water partition coefficient (Wildman–Crippen LogP) is 2.21. The van der Waals surface area contributed by atoms with E-state index in [-0.39, 0.29) is 4.90 Å². The molecule has 1 aromatic rings. The highest BCUT2D eigenvalue weighted by Crippen LogP contribution is 2.43. The summed E-state index contributed by atoms with van der Waals surface area (Å²) in [5.41, 5.74) is 0. The van der Waals surface area contributed by atoms with Crippen LogP contribution in [0.5, 0.6) is 0 Å². The molecule has 1 fully saturated rings. The van der Waals surface area contributed by atoms with Crippen molar-refractivity contribution < 1.29 is 17.9 Å². The third-order valence-corrected chi connectivity index (χ3v) is 6.11. The average Bonchev–Trinajstić information content (AvgIpc) is 2.27. The second kappa shape index (κ2) is 4.55. The van der Waals surface area contributed by atoms with Gasteiger partial charge in [-0.2, -0.15) is 0 Å². The number of carbonyl (C=O) groups excluding carboxylic acids is 1. The quantitative estimate of drug-likeness (QED) is 0.800. The van der Waals surface area contributed by atoms with Crippen LogP contribution in [0.2, 0.25) is 5.02 Å². The third kappa shape index (κ3) is 1.82. The summed E-state index contributed by atoms with van der Waals surface area (Å²) in [4.78, 5) is 11.9. The molecule has 0 amide bonds. The summed E-state index contributed by atoms with van der Waals surface area (Å²) in [5.74, 6) is -0.677. The van der Waals surface area contributed by atoms with Gasteiger partial charge in [0.05, 0.1) is 12.0 Å². The Bertz CT molecular complexity index is 558. The van der Waals surface area contributed by atoms with E-state index in [1.54, 1.807) is 0 Å². The Kier molecular flexibility index (Phi) is 3.38. The van der Waals surface area contributed by atoms with Crippen LogP contribution >= 0.6 is 11.6 Å². The fraction of sp³-hybridized carbons (Fsp3) is 0.417. The van der Waals surface area contributed by atoms with Gasteiger partial charge in [0.1, 0.15) is 0 Å². The normalized spacial score (nSPS) is 17.9. The Hall–Kier alpha value is -1.07. The molecule has 6 heteroatoms. The monoisotopic (exact) mass is 288 g/mol. The summed E-state index contributed by atoms with van der Waals surface area (Å²) in [6, 6.07) is 5.83. The molecular weight excluding hydrogens is 276 g/mol. The van der Waals surface area contributed by atoms with E-state index in [2.05, 4.69) is 4.74 Å². The van der Waals surface area contributed by atoms with Gasteiger partial charge in [0, 0.05) is 5.02 Å². The van der Waals surface area contributed by atoms with Crippen LogP contribution in [-0.4, -0.2) is 26.2 Å². The summed E-state index contributed by atoms with van der Waals surface area (Å²) in [5, 5.41) is 0.453. The molecule has 1 aliphatic rings. The molecule has 4 nitrogen and oxygen atoms in total. The fourth-order valence-electron chi connectivity index (χ4n) is 2.11. The lowest BCUT2D eigenvalue weighted by Gasteiger charge is -2.37. The molecule has 18 heavy (non-hydrogen) atoms. The minimum atomic E-state index is -3.73. The number of carbonyl (C=O) groups is 1. The van der Waals surface area contributed by atoms with Crippen LogP contribution in [0.4, 0.5) is 0 Å². The first-order chi connectivity index (χ1) is 8.44. The average molecular weight is 289 g/mol. The molecule has 0 N–H and O–H groups in total. The number of rotatable bonds is 3. The van der Waals surface area contributed by atoms with Gasteiger partial charge < -0.3 is 4.74 Å². The summed E-state index contributed by atoms with van der Waals surface area (Å²) in [6.45, 7) is 0. The minimum Gasteiger partial charge on any atom is -0.468 e. The van der Waals surface area contributed by atoms with Crippen molar-refractivity contribution in [3.05, 3.63) is 29.3 Å². The SMILES string of the molecule is COC(=O)C1(S(=O)(=O)c2ccc(Cl)cc2)CCC1. The van der Waals surface area contributed by atoms with Crippen molar-refractivity contribution in [1.29, 1.82) is 0 Å². The lowest BCUT2D eigenvalue weighted by atomic mass is 9.84. The molecule has 1 aromatic carbocycles. The smallest absolute Gasteiger partial charge is 0.327 e. The van der Waals surface area contributed by atoms with Crippen LogP contribution < -0.4 is 0 Å². The van der Waals surface area contributed by atoms with Gasteiger partial charge in [-0.15, -0.1) is 0 Å². The third-order valence-electron chi connectivity index (χ3n) is 3.36. The number of ether oxygens (including phenoxy) is 1. The molecule has 0 spiro atoms. The predicted molar refractivity (Wildman–Crippen MR) is 67.2 cm³/mol. The van der Waals surface area contributed by atoms with Crippen LogP contribution in [-0.2, 0) is 19.4 Å². The largest absolute Gasteiger partial charge is 0.468 e. The van der Waals surface area contributed by atoms with Gasteiger partial charge in [-0.05, 0) is 43.5 Å². The Morgan fingerprint density at radius 2 is 1.83 bits per heavy atom. The van der Waals surface area contributed by atoms with E-state index < -0.39 is 20.6 Å². The number of sulfone groups is 1. The first-order valence-corrected chi connectivity index (χ1v) is 7.39. The van der Waals surface area contributed by atoms with E-state index in [4.69, 9.17) is 11.6 Å². The molecule has 2 rings (SSSR count). The molecule has 0 aliphatic heterocycles. The van der Waals surface area contributed by atoms with Crippen molar-refractivity contribution in [3.63, 3.8) is 0 Å². The topological polar surface area (TPSA) is 60.4 Å². The molecule has 0 atom stereocenters. The lowest BCUT2D eigenvalue weighted by molar-refractivity contribution is -0.146. The molecule has 0 aromatic heterocycles. The lowest BCUT2D eigenvalue weighted by Crippen LogP contribution is -2.52. The van der Waals surface area contributed by atoms with Crippen molar-refractivity contribution in [1.82, 2.24) is 0 Å². The second-order valence-electron chi connectivity index (χ2n) is 4.30. The van der Waals surface area contributed by atoms with Crippen molar-refractivity contribution >= 4 is 27.4 Å². The highest BCUT2D eigenvalue weighted by Gasteiger charge is 2.56. The van der Waals surface area contributed by atoms with Crippen LogP contribution in [0.25, 0.3) is 0 Å². The summed E-state index contributed by atoms with van der Waals surface area (Å²) in [7, 11) is -2.52.